The van der Waals surface area contributed by atoms with E-state index in [0.717, 1.165) is 29.4 Å². The van der Waals surface area contributed by atoms with E-state index in [-0.39, 0.29) is 17.2 Å². The van der Waals surface area contributed by atoms with Gasteiger partial charge in [0.2, 0.25) is 0 Å². The molecule has 2 aromatic carbocycles. The van der Waals surface area contributed by atoms with E-state index in [1.165, 1.54) is 49.4 Å². The first-order valence-corrected chi connectivity index (χ1v) is 12.4. The highest BCUT2D eigenvalue weighted by Gasteiger charge is 2.30. The zero-order valence-electron chi connectivity index (χ0n) is 18.4. The number of nitrogens with zero attached hydrogens (tertiary/aromatic N) is 3. The summed E-state index contributed by atoms with van der Waals surface area (Å²) in [5.74, 6) is -0.173. The fourth-order valence-electron chi connectivity index (χ4n) is 3.95. The maximum atomic E-state index is 12.4. The van der Waals surface area contributed by atoms with Crippen molar-refractivity contribution in [3.8, 4) is 11.4 Å². The van der Waals surface area contributed by atoms with Crippen LogP contribution in [0.15, 0.2) is 58.8 Å². The molecule has 1 saturated carbocycles. The van der Waals surface area contributed by atoms with E-state index in [2.05, 4.69) is 25.3 Å². The lowest BCUT2D eigenvalue weighted by molar-refractivity contribution is -0.749. The molecule has 0 unspecified atom stereocenters. The number of nitrogens with one attached hydrogen (secondary N) is 2. The summed E-state index contributed by atoms with van der Waals surface area (Å²) in [6, 6.07) is 14.2. The van der Waals surface area contributed by atoms with E-state index in [0.29, 0.717) is 16.6 Å². The highest BCUT2D eigenvalue weighted by molar-refractivity contribution is 7.99. The number of rotatable bonds is 8. The molecule has 1 fully saturated rings. The summed E-state index contributed by atoms with van der Waals surface area (Å²) in [6.45, 7) is 0. The van der Waals surface area contributed by atoms with Crippen LogP contribution in [0.5, 0.6) is 0 Å². The van der Waals surface area contributed by atoms with Crippen molar-refractivity contribution in [2.75, 3.05) is 5.75 Å². The smallest absolute Gasteiger partial charge is 0.337 e. The molecular weight excluding hydrogens is 474 g/mol. The highest BCUT2D eigenvalue weighted by atomic mass is 35.5. The van der Waals surface area contributed by atoms with E-state index < -0.39 is 5.97 Å². The van der Waals surface area contributed by atoms with Gasteiger partial charge in [-0.15, -0.1) is 5.10 Å². The number of carbonyl (C=O) groups is 2. The van der Waals surface area contributed by atoms with Gasteiger partial charge < -0.3 is 5.11 Å². The van der Waals surface area contributed by atoms with Gasteiger partial charge in [-0.3, -0.25) is 4.79 Å². The average molecular weight is 499 g/mol. The highest BCUT2D eigenvalue weighted by Crippen LogP contribution is 2.29. The average Bonchev–Trinajstić information content (AvgIpc) is 3.28. The molecule has 0 bridgehead atoms. The van der Waals surface area contributed by atoms with Crippen molar-refractivity contribution in [3.05, 3.63) is 64.7 Å². The third-order valence-electron chi connectivity index (χ3n) is 5.65. The molecule has 3 N–H and O–H groups in total. The lowest BCUT2D eigenvalue weighted by atomic mass is 9.95. The van der Waals surface area contributed by atoms with E-state index >= 15 is 0 Å². The summed E-state index contributed by atoms with van der Waals surface area (Å²) >= 11 is 7.42. The van der Waals surface area contributed by atoms with Gasteiger partial charge in [0.15, 0.2) is 0 Å². The van der Waals surface area contributed by atoms with Crippen LogP contribution in [0.3, 0.4) is 0 Å². The molecule has 4 rings (SSSR count). The number of carboxylic acid groups (broad SMARTS) is 1. The second-order valence-corrected chi connectivity index (χ2v) is 9.41. The second-order valence-electron chi connectivity index (χ2n) is 8.03. The molecule has 1 aliphatic rings. The molecule has 3 aromatic rings. The van der Waals surface area contributed by atoms with Crippen LogP contribution in [0, 0.1) is 0 Å². The van der Waals surface area contributed by atoms with Gasteiger partial charge in [0, 0.05) is 5.02 Å². The Kier molecular flexibility index (Phi) is 7.97. The number of halogens is 1. The van der Waals surface area contributed by atoms with E-state index in [1.54, 1.807) is 12.1 Å². The van der Waals surface area contributed by atoms with Crippen LogP contribution in [0.25, 0.3) is 11.4 Å². The normalized spacial score (nSPS) is 14.4. The molecule has 0 saturated heterocycles. The second kappa shape index (κ2) is 11.3. The van der Waals surface area contributed by atoms with Gasteiger partial charge in [0.05, 0.1) is 34.2 Å². The van der Waals surface area contributed by atoms with Gasteiger partial charge >= 0.3 is 11.1 Å². The van der Waals surface area contributed by atoms with Crippen LogP contribution >= 0.6 is 23.4 Å². The van der Waals surface area contributed by atoms with E-state index in [1.807, 2.05) is 24.3 Å². The number of amides is 1. The topological polar surface area (TPSA) is 111 Å². The van der Waals surface area contributed by atoms with Crippen molar-refractivity contribution >= 4 is 41.5 Å². The van der Waals surface area contributed by atoms with Crippen LogP contribution in [0.4, 0.5) is 0 Å². The lowest BCUT2D eigenvalue weighted by Gasteiger charge is -2.21. The fourth-order valence-corrected chi connectivity index (χ4v) is 4.89. The summed E-state index contributed by atoms with van der Waals surface area (Å²) in [7, 11) is 0. The lowest BCUT2D eigenvalue weighted by Crippen LogP contribution is -2.43. The van der Waals surface area contributed by atoms with E-state index in [9.17, 15) is 9.59 Å². The maximum absolute atomic E-state index is 12.4. The van der Waals surface area contributed by atoms with Crippen LogP contribution in [0.1, 0.15) is 54.1 Å². The van der Waals surface area contributed by atoms with Crippen molar-refractivity contribution in [1.82, 2.24) is 15.6 Å². The van der Waals surface area contributed by atoms with Crippen LogP contribution in [-0.2, 0) is 4.79 Å². The summed E-state index contributed by atoms with van der Waals surface area (Å²) in [5, 5.41) is 22.0. The Bertz CT molecular complexity index is 1170. The molecular formula is C24H25ClN5O3S+. The Hall–Kier alpha value is -3.17. The summed E-state index contributed by atoms with van der Waals surface area (Å²) in [6.07, 6.45) is 7.23. The molecule has 1 amide bonds. The number of aromatic carboxylic acids is 1. The number of aromatic nitrogens is 3. The number of hydrogen-bond acceptors (Lipinski definition) is 5. The first kappa shape index (κ1) is 24.0. The molecule has 34 heavy (non-hydrogen) atoms. The minimum absolute atomic E-state index is 0.160. The van der Waals surface area contributed by atoms with Crippen LogP contribution < -0.4 is 9.99 Å². The van der Waals surface area contributed by atoms with Crippen LogP contribution in [0.2, 0.25) is 5.02 Å². The number of hydrazone groups is 1. The SMILES string of the molecule is O=C(CSc1n[nH]c(-c2ccc(Cl)cc2)[n+]1C1CCCCC1)NN=Cc1ccc(C(=O)O)cc1. The Morgan fingerprint density at radius 1 is 1.15 bits per heavy atom. The zero-order chi connectivity index (χ0) is 23.9. The van der Waals surface area contributed by atoms with Gasteiger partial charge in [0.25, 0.3) is 11.7 Å². The standard InChI is InChI=1S/C24H24ClN5O3S/c25-19-12-10-17(11-13-19)22-28-29-24(30(22)20-4-2-1-3-5-20)34-15-21(31)27-26-14-16-6-8-18(9-7-16)23(32)33/h6-14,20H,1-5,15H2,(H2,27,31,32,33)/p+1. The van der Waals surface area contributed by atoms with Gasteiger partial charge in [-0.05, 0) is 79.4 Å². The Labute approximate surface area is 206 Å². The van der Waals surface area contributed by atoms with Gasteiger partial charge in [-0.1, -0.05) is 30.2 Å². The quantitative estimate of drug-likeness (QED) is 0.184. The van der Waals surface area contributed by atoms with Crippen LogP contribution in [-0.4, -0.2) is 39.1 Å². The molecule has 0 spiro atoms. The van der Waals surface area contributed by atoms with Crippen molar-refractivity contribution in [2.45, 2.75) is 43.3 Å². The number of benzene rings is 2. The zero-order valence-corrected chi connectivity index (χ0v) is 20.0. The number of carbonyl (C=O) groups excluding carboxylic acids is 1. The Morgan fingerprint density at radius 3 is 2.53 bits per heavy atom. The molecule has 1 aliphatic carbocycles. The number of thioether (sulfide) groups is 1. The number of aromatic amines is 1. The third-order valence-corrected chi connectivity index (χ3v) is 6.86. The number of carboxylic acids is 1. The van der Waals surface area contributed by atoms with Crippen molar-refractivity contribution in [2.24, 2.45) is 5.10 Å². The molecule has 8 nitrogen and oxygen atoms in total. The first-order chi connectivity index (χ1) is 16.5. The predicted octanol–water partition coefficient (Wildman–Crippen LogP) is 4.46. The minimum atomic E-state index is -0.989. The third kappa shape index (κ3) is 6.03. The maximum Gasteiger partial charge on any atom is 0.337 e. The van der Waals surface area contributed by atoms with Gasteiger partial charge in [-0.25, -0.2) is 14.8 Å². The summed E-state index contributed by atoms with van der Waals surface area (Å²) < 4.78 is 2.22. The largest absolute Gasteiger partial charge is 0.478 e. The Balaban J connectivity index is 1.42. The molecule has 1 heterocycles. The van der Waals surface area contributed by atoms with Crippen molar-refractivity contribution in [1.29, 1.82) is 0 Å². The minimum Gasteiger partial charge on any atom is -0.478 e. The molecule has 0 aliphatic heterocycles. The summed E-state index contributed by atoms with van der Waals surface area (Å²) in [5.41, 5.74) is 4.39. The molecule has 0 atom stereocenters. The van der Waals surface area contributed by atoms with Crippen molar-refractivity contribution < 1.29 is 19.3 Å². The monoisotopic (exact) mass is 498 g/mol. The predicted molar refractivity (Wildman–Crippen MR) is 131 cm³/mol. The van der Waals surface area contributed by atoms with Crippen molar-refractivity contribution in [3.63, 3.8) is 0 Å². The molecule has 10 heteroatoms. The fraction of sp³-hybridized carbons (Fsp3) is 0.292. The van der Waals surface area contributed by atoms with Gasteiger partial charge in [0.1, 0.15) is 0 Å². The number of H-pyrrole nitrogens is 1. The molecule has 0 radical (unpaired) electrons. The molecule has 1 aromatic heterocycles. The Morgan fingerprint density at radius 2 is 1.85 bits per heavy atom. The van der Waals surface area contributed by atoms with Gasteiger partial charge in [-0.2, -0.15) is 5.10 Å². The number of hydrogen-bond donors (Lipinski definition) is 3. The summed E-state index contributed by atoms with van der Waals surface area (Å²) in [4.78, 5) is 23.3. The molecule has 176 valence electrons. The first-order valence-electron chi connectivity index (χ1n) is 11.0. The van der Waals surface area contributed by atoms with E-state index in [4.69, 9.17) is 16.7 Å².